The lowest BCUT2D eigenvalue weighted by Crippen LogP contribution is -2.45. The molecule has 1 aliphatic rings. The van der Waals surface area contributed by atoms with Crippen molar-refractivity contribution in [1.29, 1.82) is 0 Å². The molecule has 1 aliphatic heterocycles. The Morgan fingerprint density at radius 1 is 1.41 bits per heavy atom. The van der Waals surface area contributed by atoms with Crippen molar-refractivity contribution in [3.63, 3.8) is 0 Å². The average Bonchev–Trinajstić information content (AvgIpc) is 3.30. The Hall–Kier alpha value is -2.20. The minimum absolute atomic E-state index is 0.127. The van der Waals surface area contributed by atoms with Gasteiger partial charge in [-0.3, -0.25) is 14.2 Å². The number of nitrogens with zero attached hydrogens (tertiary/aromatic N) is 5. The van der Waals surface area contributed by atoms with Crippen LogP contribution in [0.5, 0.6) is 0 Å². The molecule has 10 heteroatoms. The highest BCUT2D eigenvalue weighted by molar-refractivity contribution is 7.89. The Kier molecular flexibility index (Phi) is 5.66. The third kappa shape index (κ3) is 4.06. The monoisotopic (exact) mass is 394 g/mol. The van der Waals surface area contributed by atoms with Gasteiger partial charge in [-0.2, -0.15) is 14.5 Å². The number of rotatable bonds is 6. The Morgan fingerprint density at radius 2 is 2.19 bits per heavy atom. The quantitative estimate of drug-likeness (QED) is 0.785. The van der Waals surface area contributed by atoms with Gasteiger partial charge in [-0.15, -0.1) is 0 Å². The van der Waals surface area contributed by atoms with Crippen molar-refractivity contribution in [1.82, 2.24) is 29.2 Å². The zero-order valence-electron chi connectivity index (χ0n) is 15.9. The first-order valence-electron chi connectivity index (χ1n) is 9.13. The standard InChI is InChI=1S/C17H26N6O3S/c1-4-23-16(7-8-18-23)13(2)20-17(24)14-6-5-9-22(11-14)27(25,26)15-10-19-21(3)12-15/h7-8,10,12-14H,4-6,9,11H2,1-3H3,(H,20,24)/t13-,14+/m1/s1. The van der Waals surface area contributed by atoms with Crippen molar-refractivity contribution in [3.05, 3.63) is 30.4 Å². The van der Waals surface area contributed by atoms with Crippen LogP contribution in [-0.4, -0.2) is 51.3 Å². The van der Waals surface area contributed by atoms with Gasteiger partial charge in [0.1, 0.15) is 4.90 Å². The van der Waals surface area contributed by atoms with Crippen LogP contribution in [0, 0.1) is 5.92 Å². The molecule has 0 unspecified atom stereocenters. The lowest BCUT2D eigenvalue weighted by atomic mass is 9.98. The molecule has 1 saturated heterocycles. The van der Waals surface area contributed by atoms with E-state index in [1.54, 1.807) is 13.2 Å². The molecule has 0 aliphatic carbocycles. The fourth-order valence-corrected chi connectivity index (χ4v) is 4.95. The van der Waals surface area contributed by atoms with Gasteiger partial charge >= 0.3 is 0 Å². The highest BCUT2D eigenvalue weighted by Gasteiger charge is 2.34. The maximum absolute atomic E-state index is 12.8. The predicted octanol–water partition coefficient (Wildman–Crippen LogP) is 0.915. The van der Waals surface area contributed by atoms with Crippen molar-refractivity contribution in [2.24, 2.45) is 13.0 Å². The summed E-state index contributed by atoms with van der Waals surface area (Å²) in [7, 11) is -1.96. The van der Waals surface area contributed by atoms with Gasteiger partial charge in [0.15, 0.2) is 0 Å². The van der Waals surface area contributed by atoms with E-state index in [4.69, 9.17) is 0 Å². The van der Waals surface area contributed by atoms with Crippen LogP contribution >= 0.6 is 0 Å². The van der Waals surface area contributed by atoms with E-state index in [0.717, 1.165) is 12.2 Å². The third-order valence-electron chi connectivity index (χ3n) is 4.93. The van der Waals surface area contributed by atoms with E-state index in [1.165, 1.54) is 21.4 Å². The molecule has 27 heavy (non-hydrogen) atoms. The number of piperidine rings is 1. The lowest BCUT2D eigenvalue weighted by molar-refractivity contribution is -0.126. The summed E-state index contributed by atoms with van der Waals surface area (Å²) in [5, 5.41) is 11.2. The molecule has 1 amide bonds. The van der Waals surface area contributed by atoms with Crippen LogP contribution in [0.2, 0.25) is 0 Å². The van der Waals surface area contributed by atoms with Crippen molar-refractivity contribution >= 4 is 15.9 Å². The molecule has 3 heterocycles. The molecule has 2 atom stereocenters. The van der Waals surface area contributed by atoms with Crippen LogP contribution in [0.1, 0.15) is 38.4 Å². The zero-order chi connectivity index (χ0) is 19.6. The van der Waals surface area contributed by atoms with Crippen molar-refractivity contribution in [2.45, 2.75) is 44.2 Å². The Bertz CT molecular complexity index is 903. The summed E-state index contributed by atoms with van der Waals surface area (Å²) < 4.78 is 30.3. The molecule has 0 aromatic carbocycles. The molecule has 0 radical (unpaired) electrons. The molecule has 0 saturated carbocycles. The van der Waals surface area contributed by atoms with E-state index in [0.29, 0.717) is 19.4 Å². The van der Waals surface area contributed by atoms with Crippen LogP contribution in [0.25, 0.3) is 0 Å². The Morgan fingerprint density at radius 3 is 2.85 bits per heavy atom. The number of sulfonamides is 1. The molecule has 1 fully saturated rings. The fraction of sp³-hybridized carbons (Fsp3) is 0.588. The number of hydrogen-bond donors (Lipinski definition) is 1. The van der Waals surface area contributed by atoms with Gasteiger partial charge in [-0.1, -0.05) is 0 Å². The first-order valence-corrected chi connectivity index (χ1v) is 10.6. The first kappa shape index (κ1) is 19.6. The second kappa shape index (κ2) is 7.81. The second-order valence-electron chi connectivity index (χ2n) is 6.85. The minimum Gasteiger partial charge on any atom is -0.348 e. The number of aromatic nitrogens is 4. The molecule has 9 nitrogen and oxygen atoms in total. The van der Waals surface area contributed by atoms with Crippen LogP contribution in [0.3, 0.4) is 0 Å². The van der Waals surface area contributed by atoms with E-state index in [9.17, 15) is 13.2 Å². The molecule has 0 spiro atoms. The Balaban J connectivity index is 1.68. The summed E-state index contributed by atoms with van der Waals surface area (Å²) in [4.78, 5) is 12.9. The molecular weight excluding hydrogens is 368 g/mol. The number of aryl methyl sites for hydroxylation is 2. The van der Waals surface area contributed by atoms with Gasteiger partial charge in [0.2, 0.25) is 15.9 Å². The number of nitrogens with one attached hydrogen (secondary N) is 1. The van der Waals surface area contributed by atoms with Gasteiger partial charge in [-0.05, 0) is 32.8 Å². The molecule has 148 valence electrons. The zero-order valence-corrected chi connectivity index (χ0v) is 16.7. The summed E-state index contributed by atoms with van der Waals surface area (Å²) in [6.07, 6.45) is 5.85. The molecule has 1 N–H and O–H groups in total. The molecule has 3 rings (SSSR count). The summed E-state index contributed by atoms with van der Waals surface area (Å²) in [5.41, 5.74) is 0.932. The molecule has 2 aromatic rings. The van der Waals surface area contributed by atoms with E-state index in [-0.39, 0.29) is 29.3 Å². The van der Waals surface area contributed by atoms with Crippen molar-refractivity contribution in [2.75, 3.05) is 13.1 Å². The third-order valence-corrected chi connectivity index (χ3v) is 6.74. The first-order chi connectivity index (χ1) is 12.8. The van der Waals surface area contributed by atoms with Crippen molar-refractivity contribution < 1.29 is 13.2 Å². The second-order valence-corrected chi connectivity index (χ2v) is 8.79. The van der Waals surface area contributed by atoms with Gasteiger partial charge in [0, 0.05) is 39.1 Å². The highest BCUT2D eigenvalue weighted by atomic mass is 32.2. The topological polar surface area (TPSA) is 102 Å². The van der Waals surface area contributed by atoms with Crippen molar-refractivity contribution in [3.8, 4) is 0 Å². The van der Waals surface area contributed by atoms with E-state index in [2.05, 4.69) is 15.5 Å². The van der Waals surface area contributed by atoms with Gasteiger partial charge in [0.25, 0.3) is 0 Å². The molecule has 2 aromatic heterocycles. The summed E-state index contributed by atoms with van der Waals surface area (Å²) in [5.74, 6) is -0.497. The number of hydrogen-bond acceptors (Lipinski definition) is 5. The van der Waals surface area contributed by atoms with E-state index in [1.807, 2.05) is 24.6 Å². The van der Waals surface area contributed by atoms with Crippen LogP contribution in [0.15, 0.2) is 29.6 Å². The predicted molar refractivity (Wildman–Crippen MR) is 99.1 cm³/mol. The fourth-order valence-electron chi connectivity index (χ4n) is 3.44. The van der Waals surface area contributed by atoms with E-state index >= 15 is 0 Å². The number of carbonyl (C=O) groups is 1. The number of amides is 1. The normalized spacial score (nSPS) is 19.7. The minimum atomic E-state index is -3.63. The summed E-state index contributed by atoms with van der Waals surface area (Å²) in [6, 6.07) is 1.69. The SMILES string of the molecule is CCn1nccc1[C@@H](C)NC(=O)[C@H]1CCCN(S(=O)(=O)c2cnn(C)c2)C1. The van der Waals surface area contributed by atoms with Crippen LogP contribution < -0.4 is 5.32 Å². The summed E-state index contributed by atoms with van der Waals surface area (Å²) in [6.45, 7) is 5.23. The summed E-state index contributed by atoms with van der Waals surface area (Å²) >= 11 is 0. The van der Waals surface area contributed by atoms with Crippen LogP contribution in [-0.2, 0) is 28.4 Å². The smallest absolute Gasteiger partial charge is 0.246 e. The highest BCUT2D eigenvalue weighted by Crippen LogP contribution is 2.24. The van der Waals surface area contributed by atoms with E-state index < -0.39 is 10.0 Å². The Labute approximate surface area is 159 Å². The van der Waals surface area contributed by atoms with Crippen LogP contribution in [0.4, 0.5) is 0 Å². The maximum atomic E-state index is 12.8. The number of carbonyl (C=O) groups excluding carboxylic acids is 1. The largest absolute Gasteiger partial charge is 0.348 e. The van der Waals surface area contributed by atoms with Gasteiger partial charge < -0.3 is 5.32 Å². The average molecular weight is 395 g/mol. The molecule has 0 bridgehead atoms. The lowest BCUT2D eigenvalue weighted by Gasteiger charge is -2.31. The van der Waals surface area contributed by atoms with Gasteiger partial charge in [-0.25, -0.2) is 8.42 Å². The molecular formula is C17H26N6O3S. The van der Waals surface area contributed by atoms with Gasteiger partial charge in [0.05, 0.1) is 23.9 Å². The maximum Gasteiger partial charge on any atom is 0.246 e.